The minimum Gasteiger partial charge on any atom is -0.492 e. The van der Waals surface area contributed by atoms with Crippen molar-refractivity contribution in [2.75, 3.05) is 23.4 Å². The molecule has 1 amide bonds. The Labute approximate surface area is 157 Å². The Morgan fingerprint density at radius 2 is 1.89 bits per heavy atom. The monoisotopic (exact) mass is 360 g/mol. The van der Waals surface area contributed by atoms with Crippen molar-refractivity contribution in [3.05, 3.63) is 71.9 Å². The topological polar surface area (TPSA) is 67.3 Å². The highest BCUT2D eigenvalue weighted by Crippen LogP contribution is 2.32. The van der Waals surface area contributed by atoms with Crippen LogP contribution in [0, 0.1) is 0 Å². The summed E-state index contributed by atoms with van der Waals surface area (Å²) in [5.41, 5.74) is 3.32. The van der Waals surface area contributed by atoms with Gasteiger partial charge < -0.3 is 15.0 Å². The number of hydrogen-bond donors (Lipinski definition) is 1. The number of hydrogen-bond acceptors (Lipinski definition) is 5. The molecule has 0 saturated heterocycles. The first-order valence-electron chi connectivity index (χ1n) is 8.98. The fourth-order valence-corrected chi connectivity index (χ4v) is 3.20. The molecule has 2 aromatic carbocycles. The van der Waals surface area contributed by atoms with Crippen molar-refractivity contribution >= 4 is 23.1 Å². The lowest BCUT2D eigenvalue weighted by atomic mass is 10.2. The molecule has 1 aliphatic rings. The van der Waals surface area contributed by atoms with Crippen molar-refractivity contribution in [3.8, 4) is 5.75 Å². The maximum atomic E-state index is 12.5. The number of nitrogens with one attached hydrogen (secondary N) is 1. The van der Waals surface area contributed by atoms with Gasteiger partial charge in [0.05, 0.1) is 12.3 Å². The van der Waals surface area contributed by atoms with Crippen LogP contribution in [0.3, 0.4) is 0 Å². The van der Waals surface area contributed by atoms with E-state index in [-0.39, 0.29) is 11.6 Å². The predicted molar refractivity (Wildman–Crippen MR) is 105 cm³/mol. The van der Waals surface area contributed by atoms with E-state index in [1.165, 1.54) is 5.56 Å². The standard InChI is InChI=1S/C21H20N4O2/c1-2-27-19-10-6-4-8-16(19)22-21(26)17-11-12-20(24-23-17)25-14-13-15-7-3-5-9-18(15)25/h3-12H,2,13-14H2,1H3,(H,22,26). The van der Waals surface area contributed by atoms with Gasteiger partial charge in [0, 0.05) is 12.2 Å². The molecule has 3 aromatic rings. The minimum absolute atomic E-state index is 0.262. The first-order chi connectivity index (χ1) is 13.3. The summed E-state index contributed by atoms with van der Waals surface area (Å²) in [6.07, 6.45) is 0.980. The highest BCUT2D eigenvalue weighted by Gasteiger charge is 2.21. The van der Waals surface area contributed by atoms with Gasteiger partial charge in [-0.05, 0) is 49.2 Å². The third-order valence-corrected chi connectivity index (χ3v) is 4.48. The lowest BCUT2D eigenvalue weighted by Crippen LogP contribution is -2.18. The Morgan fingerprint density at radius 3 is 2.70 bits per heavy atom. The number of amides is 1. The van der Waals surface area contributed by atoms with E-state index in [0.717, 1.165) is 24.5 Å². The average Bonchev–Trinajstić information content (AvgIpc) is 3.14. The number of benzene rings is 2. The maximum Gasteiger partial charge on any atom is 0.276 e. The first-order valence-corrected chi connectivity index (χ1v) is 8.98. The number of ether oxygens (including phenoxy) is 1. The van der Waals surface area contributed by atoms with Gasteiger partial charge in [-0.1, -0.05) is 30.3 Å². The zero-order chi connectivity index (χ0) is 18.6. The molecule has 6 nitrogen and oxygen atoms in total. The number of para-hydroxylation sites is 3. The van der Waals surface area contributed by atoms with Gasteiger partial charge in [0.2, 0.25) is 0 Å². The van der Waals surface area contributed by atoms with Crippen molar-refractivity contribution in [2.45, 2.75) is 13.3 Å². The van der Waals surface area contributed by atoms with E-state index >= 15 is 0 Å². The maximum absolute atomic E-state index is 12.5. The molecule has 0 spiro atoms. The van der Waals surface area contributed by atoms with Crippen LogP contribution in [0.2, 0.25) is 0 Å². The molecule has 0 radical (unpaired) electrons. The van der Waals surface area contributed by atoms with Crippen molar-refractivity contribution in [3.63, 3.8) is 0 Å². The van der Waals surface area contributed by atoms with Crippen molar-refractivity contribution in [1.82, 2.24) is 10.2 Å². The minimum atomic E-state index is -0.317. The highest BCUT2D eigenvalue weighted by molar-refractivity contribution is 6.03. The number of carbonyl (C=O) groups is 1. The molecule has 0 bridgehead atoms. The van der Waals surface area contributed by atoms with E-state index in [9.17, 15) is 4.79 Å². The second-order valence-electron chi connectivity index (χ2n) is 6.19. The van der Waals surface area contributed by atoms with Crippen molar-refractivity contribution < 1.29 is 9.53 Å². The third kappa shape index (κ3) is 3.46. The molecule has 2 heterocycles. The Kier molecular flexibility index (Phi) is 4.70. The van der Waals surface area contributed by atoms with E-state index in [0.29, 0.717) is 18.0 Å². The second-order valence-corrected chi connectivity index (χ2v) is 6.19. The summed E-state index contributed by atoms with van der Waals surface area (Å²) in [7, 11) is 0. The van der Waals surface area contributed by atoms with Gasteiger partial charge in [-0.15, -0.1) is 10.2 Å². The molecule has 0 fully saturated rings. The molecule has 1 N–H and O–H groups in total. The number of aromatic nitrogens is 2. The number of nitrogens with zero attached hydrogens (tertiary/aromatic N) is 3. The smallest absolute Gasteiger partial charge is 0.276 e. The fourth-order valence-electron chi connectivity index (χ4n) is 3.20. The number of rotatable bonds is 5. The van der Waals surface area contributed by atoms with Crippen LogP contribution < -0.4 is 15.0 Å². The molecule has 0 atom stereocenters. The van der Waals surface area contributed by atoms with E-state index in [1.807, 2.05) is 43.3 Å². The quantitative estimate of drug-likeness (QED) is 0.749. The third-order valence-electron chi connectivity index (χ3n) is 4.48. The summed E-state index contributed by atoms with van der Waals surface area (Å²) in [5.74, 6) is 1.06. The summed E-state index contributed by atoms with van der Waals surface area (Å²) < 4.78 is 5.54. The Hall–Kier alpha value is -3.41. The fraction of sp³-hybridized carbons (Fsp3) is 0.190. The Morgan fingerprint density at radius 1 is 1.07 bits per heavy atom. The van der Waals surface area contributed by atoms with Crippen molar-refractivity contribution in [1.29, 1.82) is 0 Å². The number of fused-ring (bicyclic) bond motifs is 1. The normalized spacial score (nSPS) is 12.6. The summed E-state index contributed by atoms with van der Waals surface area (Å²) in [5, 5.41) is 11.2. The molecule has 136 valence electrons. The largest absolute Gasteiger partial charge is 0.492 e. The van der Waals surface area contributed by atoms with Crippen LogP contribution in [-0.4, -0.2) is 29.3 Å². The van der Waals surface area contributed by atoms with E-state index in [4.69, 9.17) is 4.74 Å². The van der Waals surface area contributed by atoms with Gasteiger partial charge in [-0.3, -0.25) is 4.79 Å². The predicted octanol–water partition coefficient (Wildman–Crippen LogP) is 3.82. The van der Waals surface area contributed by atoms with Crippen molar-refractivity contribution in [2.24, 2.45) is 0 Å². The van der Waals surface area contributed by atoms with Crippen LogP contribution in [-0.2, 0) is 6.42 Å². The summed E-state index contributed by atoms with van der Waals surface area (Å²) in [4.78, 5) is 14.6. The Bertz CT molecular complexity index is 956. The average molecular weight is 360 g/mol. The van der Waals surface area contributed by atoms with E-state index in [1.54, 1.807) is 12.1 Å². The molecule has 0 saturated carbocycles. The second kappa shape index (κ2) is 7.45. The zero-order valence-electron chi connectivity index (χ0n) is 15.1. The molecule has 1 aliphatic heterocycles. The van der Waals surface area contributed by atoms with E-state index in [2.05, 4.69) is 32.5 Å². The Balaban J connectivity index is 1.51. The van der Waals surface area contributed by atoms with Gasteiger partial charge in [0.15, 0.2) is 11.5 Å². The lowest BCUT2D eigenvalue weighted by molar-refractivity contribution is 0.102. The zero-order valence-corrected chi connectivity index (χ0v) is 15.1. The number of carbonyl (C=O) groups excluding carboxylic acids is 1. The van der Waals surface area contributed by atoms with Gasteiger partial charge in [-0.2, -0.15) is 0 Å². The van der Waals surface area contributed by atoms with Crippen LogP contribution in [0.4, 0.5) is 17.2 Å². The van der Waals surface area contributed by atoms with Gasteiger partial charge in [0.25, 0.3) is 5.91 Å². The summed E-state index contributed by atoms with van der Waals surface area (Å²) in [6.45, 7) is 3.29. The van der Waals surface area contributed by atoms with Crippen LogP contribution in [0.15, 0.2) is 60.7 Å². The molecule has 0 unspecified atom stereocenters. The molecular formula is C21H20N4O2. The van der Waals surface area contributed by atoms with Crippen LogP contribution in [0.5, 0.6) is 5.75 Å². The molecule has 27 heavy (non-hydrogen) atoms. The molecule has 1 aromatic heterocycles. The summed E-state index contributed by atoms with van der Waals surface area (Å²) >= 11 is 0. The van der Waals surface area contributed by atoms with E-state index < -0.39 is 0 Å². The first kappa shape index (κ1) is 17.0. The lowest BCUT2D eigenvalue weighted by Gasteiger charge is -2.17. The van der Waals surface area contributed by atoms with Crippen LogP contribution in [0.25, 0.3) is 0 Å². The highest BCUT2D eigenvalue weighted by atomic mass is 16.5. The molecular weight excluding hydrogens is 340 g/mol. The van der Waals surface area contributed by atoms with Gasteiger partial charge in [0.1, 0.15) is 5.75 Å². The van der Waals surface area contributed by atoms with Crippen LogP contribution >= 0.6 is 0 Å². The summed E-state index contributed by atoms with van der Waals surface area (Å²) in [6, 6.07) is 19.1. The SMILES string of the molecule is CCOc1ccccc1NC(=O)c1ccc(N2CCc3ccccc32)nn1. The molecule has 0 aliphatic carbocycles. The molecule has 4 rings (SSSR count). The molecule has 6 heteroatoms. The van der Waals surface area contributed by atoms with Crippen LogP contribution in [0.1, 0.15) is 23.0 Å². The van der Waals surface area contributed by atoms with Gasteiger partial charge in [-0.25, -0.2) is 0 Å². The number of anilines is 3. The van der Waals surface area contributed by atoms with Gasteiger partial charge >= 0.3 is 0 Å².